The van der Waals surface area contributed by atoms with Gasteiger partial charge in [-0.2, -0.15) is 0 Å². The van der Waals surface area contributed by atoms with Gasteiger partial charge in [0.15, 0.2) is 24.5 Å². The average Bonchev–Trinajstić information content (AvgIpc) is 3.28. The predicted molar refractivity (Wildman–Crippen MR) is 135 cm³/mol. The van der Waals surface area contributed by atoms with Crippen molar-refractivity contribution in [1.82, 2.24) is 25.0 Å². The van der Waals surface area contributed by atoms with Crippen LogP contribution in [0.2, 0.25) is 0 Å². The molecule has 0 bridgehead atoms. The second-order valence-electron chi connectivity index (χ2n) is 9.17. The van der Waals surface area contributed by atoms with Gasteiger partial charge in [0, 0.05) is 27.7 Å². The summed E-state index contributed by atoms with van der Waals surface area (Å²) in [6, 6.07) is 10.8. The standard InChI is InChI=1S/C26H25N5O9/c1-12(32)36-11-22-23(37-13(2)33)24(38-14(3)34)25(39-15(4)35)26(40-22)31-21-10-19-18(9-20(21)29-30-31)27-16-7-5-6-8-17(16)28-19/h5-10,22-26H,11H2,1-4H3. The Kier molecular flexibility index (Phi) is 7.26. The minimum absolute atomic E-state index is 0.360. The van der Waals surface area contributed by atoms with Crippen LogP contribution in [0.5, 0.6) is 0 Å². The van der Waals surface area contributed by atoms with Gasteiger partial charge in [0.25, 0.3) is 0 Å². The van der Waals surface area contributed by atoms with Crippen LogP contribution in [0.4, 0.5) is 0 Å². The highest BCUT2D eigenvalue weighted by atomic mass is 16.7. The van der Waals surface area contributed by atoms with E-state index in [2.05, 4.69) is 20.3 Å². The van der Waals surface area contributed by atoms with Crippen molar-refractivity contribution in [1.29, 1.82) is 0 Å². The lowest BCUT2D eigenvalue weighted by atomic mass is 9.97. The first kappa shape index (κ1) is 26.9. The number of carbonyl (C=O) groups excluding carboxylic acids is 4. The second-order valence-corrected chi connectivity index (χ2v) is 9.17. The smallest absolute Gasteiger partial charge is 0.303 e. The number of benzene rings is 2. The number of nitrogens with zero attached hydrogens (tertiary/aromatic N) is 5. The van der Waals surface area contributed by atoms with Crippen LogP contribution in [-0.4, -0.2) is 79.9 Å². The van der Waals surface area contributed by atoms with Crippen molar-refractivity contribution < 1.29 is 42.9 Å². The fourth-order valence-electron chi connectivity index (χ4n) is 4.65. The van der Waals surface area contributed by atoms with Crippen molar-refractivity contribution in [3.63, 3.8) is 0 Å². The van der Waals surface area contributed by atoms with Crippen LogP contribution in [0.1, 0.15) is 33.9 Å². The van der Waals surface area contributed by atoms with Crippen LogP contribution < -0.4 is 0 Å². The number of fused-ring (bicyclic) bond motifs is 3. The van der Waals surface area contributed by atoms with Crippen LogP contribution in [0.25, 0.3) is 33.1 Å². The zero-order valence-corrected chi connectivity index (χ0v) is 22.0. The van der Waals surface area contributed by atoms with E-state index < -0.39 is 54.5 Å². The van der Waals surface area contributed by atoms with Gasteiger partial charge < -0.3 is 23.7 Å². The first-order chi connectivity index (χ1) is 19.1. The first-order valence-electron chi connectivity index (χ1n) is 12.3. The molecule has 14 heteroatoms. The molecule has 2 aromatic heterocycles. The lowest BCUT2D eigenvalue weighted by Gasteiger charge is -2.44. The molecule has 1 aliphatic rings. The number of carbonyl (C=O) groups is 4. The Morgan fingerprint density at radius 1 is 0.750 bits per heavy atom. The Labute approximate surface area is 226 Å². The Bertz CT molecular complexity index is 1640. The molecule has 1 saturated heterocycles. The minimum Gasteiger partial charge on any atom is -0.463 e. The van der Waals surface area contributed by atoms with E-state index in [4.69, 9.17) is 23.7 Å². The molecule has 1 aliphatic heterocycles. The summed E-state index contributed by atoms with van der Waals surface area (Å²) < 4.78 is 29.2. The summed E-state index contributed by atoms with van der Waals surface area (Å²) in [5.74, 6) is -2.79. The van der Waals surface area contributed by atoms with Gasteiger partial charge in [0.2, 0.25) is 0 Å². The second kappa shape index (κ2) is 10.8. The monoisotopic (exact) mass is 551 g/mol. The molecule has 0 amide bonds. The molecule has 0 N–H and O–H groups in total. The van der Waals surface area contributed by atoms with Crippen molar-refractivity contribution in [2.75, 3.05) is 6.61 Å². The highest BCUT2D eigenvalue weighted by Crippen LogP contribution is 2.36. The van der Waals surface area contributed by atoms with E-state index in [9.17, 15) is 19.2 Å². The number of aromatic nitrogens is 5. The molecule has 0 aliphatic carbocycles. The molecule has 5 atom stereocenters. The molecule has 0 saturated carbocycles. The number of rotatable bonds is 6. The lowest BCUT2D eigenvalue weighted by molar-refractivity contribution is -0.269. The summed E-state index contributed by atoms with van der Waals surface area (Å²) in [5.41, 5.74) is 3.39. The summed E-state index contributed by atoms with van der Waals surface area (Å²) >= 11 is 0. The summed E-state index contributed by atoms with van der Waals surface area (Å²) in [6.07, 6.45) is -6.32. The fraction of sp³-hybridized carbons (Fsp3) is 0.385. The van der Waals surface area contributed by atoms with Gasteiger partial charge in [-0.1, -0.05) is 17.3 Å². The maximum absolute atomic E-state index is 12.2. The highest BCUT2D eigenvalue weighted by molar-refractivity contribution is 5.94. The van der Waals surface area contributed by atoms with Crippen LogP contribution >= 0.6 is 0 Å². The van der Waals surface area contributed by atoms with Crippen molar-refractivity contribution in [3.05, 3.63) is 36.4 Å². The zero-order valence-electron chi connectivity index (χ0n) is 22.0. The largest absolute Gasteiger partial charge is 0.463 e. The van der Waals surface area contributed by atoms with Crippen LogP contribution in [0.3, 0.4) is 0 Å². The van der Waals surface area contributed by atoms with E-state index in [0.29, 0.717) is 33.1 Å². The number of hydrogen-bond donors (Lipinski definition) is 0. The molecule has 5 rings (SSSR count). The number of esters is 4. The molecular formula is C26H25N5O9. The van der Waals surface area contributed by atoms with E-state index in [-0.39, 0.29) is 6.61 Å². The maximum atomic E-state index is 12.2. The lowest BCUT2D eigenvalue weighted by Crippen LogP contribution is -2.60. The summed E-state index contributed by atoms with van der Waals surface area (Å²) in [6.45, 7) is 4.32. The van der Waals surface area contributed by atoms with Crippen LogP contribution in [0, 0.1) is 0 Å². The molecule has 4 aromatic rings. The molecule has 3 heterocycles. The van der Waals surface area contributed by atoms with Crippen molar-refractivity contribution in [2.24, 2.45) is 0 Å². The van der Waals surface area contributed by atoms with Gasteiger partial charge in [-0.25, -0.2) is 14.6 Å². The Morgan fingerprint density at radius 2 is 1.32 bits per heavy atom. The molecule has 14 nitrogen and oxygen atoms in total. The van der Waals surface area contributed by atoms with Crippen LogP contribution in [-0.2, 0) is 42.9 Å². The van der Waals surface area contributed by atoms with Crippen molar-refractivity contribution >= 4 is 57.0 Å². The molecule has 2 aromatic carbocycles. The zero-order chi connectivity index (χ0) is 28.6. The van der Waals surface area contributed by atoms with Crippen molar-refractivity contribution in [3.8, 4) is 0 Å². The van der Waals surface area contributed by atoms with E-state index in [1.807, 2.05) is 24.3 Å². The molecular weight excluding hydrogens is 526 g/mol. The van der Waals surface area contributed by atoms with Gasteiger partial charge in [-0.05, 0) is 24.3 Å². The third-order valence-electron chi connectivity index (χ3n) is 6.14. The van der Waals surface area contributed by atoms with E-state index in [1.54, 1.807) is 12.1 Å². The SMILES string of the molecule is CC(=O)OCC1OC(n2nnc3cc4nc5ccccc5nc4cc32)C(OC(C)=O)C(OC(C)=O)C1OC(C)=O. The summed E-state index contributed by atoms with van der Waals surface area (Å²) in [5, 5.41) is 8.47. The molecule has 0 radical (unpaired) electrons. The van der Waals surface area contributed by atoms with E-state index in [0.717, 1.165) is 13.8 Å². The number of hydrogen-bond acceptors (Lipinski definition) is 13. The first-order valence-corrected chi connectivity index (χ1v) is 12.3. The van der Waals surface area contributed by atoms with Gasteiger partial charge in [-0.15, -0.1) is 5.10 Å². The van der Waals surface area contributed by atoms with Gasteiger partial charge in [-0.3, -0.25) is 19.2 Å². The molecule has 5 unspecified atom stereocenters. The Morgan fingerprint density at radius 3 is 1.93 bits per heavy atom. The third kappa shape index (κ3) is 5.38. The quantitative estimate of drug-likeness (QED) is 0.193. The Hall–Kier alpha value is -4.72. The van der Waals surface area contributed by atoms with Gasteiger partial charge in [0.1, 0.15) is 18.2 Å². The molecule has 208 valence electrons. The van der Waals surface area contributed by atoms with Gasteiger partial charge in [0.05, 0.1) is 27.6 Å². The third-order valence-corrected chi connectivity index (χ3v) is 6.14. The fourth-order valence-corrected chi connectivity index (χ4v) is 4.65. The summed E-state index contributed by atoms with van der Waals surface area (Å²) in [7, 11) is 0. The van der Waals surface area contributed by atoms with Gasteiger partial charge >= 0.3 is 23.9 Å². The van der Waals surface area contributed by atoms with Crippen LogP contribution in [0.15, 0.2) is 36.4 Å². The minimum atomic E-state index is -1.34. The topological polar surface area (TPSA) is 171 Å². The maximum Gasteiger partial charge on any atom is 0.303 e. The number of para-hydroxylation sites is 2. The highest BCUT2D eigenvalue weighted by Gasteiger charge is 2.53. The molecule has 40 heavy (non-hydrogen) atoms. The predicted octanol–water partition coefficient (Wildman–Crippen LogP) is 1.78. The van der Waals surface area contributed by atoms with E-state index in [1.165, 1.54) is 18.5 Å². The summed E-state index contributed by atoms with van der Waals surface area (Å²) in [4.78, 5) is 57.2. The van der Waals surface area contributed by atoms with E-state index >= 15 is 0 Å². The molecule has 1 fully saturated rings. The number of ether oxygens (including phenoxy) is 5. The van der Waals surface area contributed by atoms with Crippen molar-refractivity contribution in [2.45, 2.75) is 58.3 Å². The average molecular weight is 552 g/mol. The normalized spacial score (nSPS) is 22.6. The Balaban J connectivity index is 1.65. The molecule has 0 spiro atoms.